The average molecular weight is 341 g/mol. The van der Waals surface area contributed by atoms with Crippen LogP contribution < -0.4 is 16.4 Å². The molecule has 4 atom stereocenters. The van der Waals surface area contributed by atoms with Crippen LogP contribution in [0.5, 0.6) is 0 Å². The van der Waals surface area contributed by atoms with Crippen LogP contribution in [0.2, 0.25) is 0 Å². The SMILES string of the molecule is CCN(CC)C(=O)C(NC(C)=O)[C@@H]1CC(C(=O)O)C[C@@H]1NC(=N)N. The molecule has 0 bridgehead atoms. The first-order valence-electron chi connectivity index (χ1n) is 8.10. The smallest absolute Gasteiger partial charge is 0.306 e. The fourth-order valence-corrected chi connectivity index (χ4v) is 3.31. The molecule has 0 saturated heterocycles. The van der Waals surface area contributed by atoms with Gasteiger partial charge in [0, 0.05) is 32.0 Å². The maximum atomic E-state index is 12.8. The lowest BCUT2D eigenvalue weighted by atomic mass is 9.92. The van der Waals surface area contributed by atoms with Crippen molar-refractivity contribution >= 4 is 23.7 Å². The molecule has 1 fully saturated rings. The molecular formula is C15H27N5O4. The third kappa shape index (κ3) is 4.84. The van der Waals surface area contributed by atoms with E-state index < -0.39 is 29.9 Å². The summed E-state index contributed by atoms with van der Waals surface area (Å²) >= 11 is 0. The van der Waals surface area contributed by atoms with E-state index in [2.05, 4.69) is 10.6 Å². The molecule has 9 nitrogen and oxygen atoms in total. The van der Waals surface area contributed by atoms with Gasteiger partial charge in [0.05, 0.1) is 5.92 Å². The molecule has 24 heavy (non-hydrogen) atoms. The lowest BCUT2D eigenvalue weighted by Gasteiger charge is -2.32. The van der Waals surface area contributed by atoms with E-state index in [1.54, 1.807) is 4.90 Å². The predicted molar refractivity (Wildman–Crippen MR) is 88.2 cm³/mol. The average Bonchev–Trinajstić information content (AvgIpc) is 2.88. The van der Waals surface area contributed by atoms with Crippen LogP contribution in [0.25, 0.3) is 0 Å². The normalized spacial score (nSPS) is 24.0. The monoisotopic (exact) mass is 341 g/mol. The van der Waals surface area contributed by atoms with E-state index in [1.807, 2.05) is 13.8 Å². The number of nitrogens with zero attached hydrogens (tertiary/aromatic N) is 1. The van der Waals surface area contributed by atoms with Crippen molar-refractivity contribution in [2.45, 2.75) is 45.7 Å². The molecule has 9 heteroatoms. The minimum absolute atomic E-state index is 0.234. The highest BCUT2D eigenvalue weighted by Crippen LogP contribution is 2.34. The minimum atomic E-state index is -0.954. The molecule has 0 heterocycles. The number of carbonyl (C=O) groups excluding carboxylic acids is 2. The Hall–Kier alpha value is -2.32. The van der Waals surface area contributed by atoms with Gasteiger partial charge in [0.1, 0.15) is 6.04 Å². The van der Waals surface area contributed by atoms with Gasteiger partial charge < -0.3 is 26.4 Å². The summed E-state index contributed by atoms with van der Waals surface area (Å²) < 4.78 is 0. The van der Waals surface area contributed by atoms with Crippen LogP contribution in [0.3, 0.4) is 0 Å². The Morgan fingerprint density at radius 2 is 1.88 bits per heavy atom. The lowest BCUT2D eigenvalue weighted by molar-refractivity contribution is -0.142. The summed E-state index contributed by atoms with van der Waals surface area (Å²) in [6, 6.07) is -1.30. The number of carboxylic acid groups (broad SMARTS) is 1. The fraction of sp³-hybridized carbons (Fsp3) is 0.733. The number of amides is 2. The van der Waals surface area contributed by atoms with Gasteiger partial charge in [-0.1, -0.05) is 0 Å². The lowest BCUT2D eigenvalue weighted by Crippen LogP contribution is -2.56. The second-order valence-electron chi connectivity index (χ2n) is 6.02. The standard InChI is InChI=1S/C15H27N5O4/c1-4-20(5-2)13(22)12(18-8(3)21)10-6-9(14(23)24)7-11(10)19-15(16)17/h9-12H,4-7H2,1-3H3,(H,18,21)(H,23,24)(H4,16,17,19)/t9?,10-,11+,12?/m1/s1. The minimum Gasteiger partial charge on any atom is -0.481 e. The van der Waals surface area contributed by atoms with Gasteiger partial charge >= 0.3 is 5.97 Å². The van der Waals surface area contributed by atoms with Crippen LogP contribution in [-0.4, -0.2) is 58.9 Å². The second-order valence-corrected chi connectivity index (χ2v) is 6.02. The maximum absolute atomic E-state index is 12.8. The molecule has 0 spiro atoms. The van der Waals surface area contributed by atoms with Gasteiger partial charge in [0.2, 0.25) is 11.8 Å². The van der Waals surface area contributed by atoms with Gasteiger partial charge in [0.15, 0.2) is 5.96 Å². The molecule has 2 amide bonds. The van der Waals surface area contributed by atoms with Gasteiger partial charge in [0.25, 0.3) is 0 Å². The van der Waals surface area contributed by atoms with Crippen molar-refractivity contribution in [2.75, 3.05) is 13.1 Å². The molecule has 1 rings (SSSR count). The van der Waals surface area contributed by atoms with Crippen molar-refractivity contribution in [3.05, 3.63) is 0 Å². The molecule has 1 saturated carbocycles. The topological polar surface area (TPSA) is 149 Å². The van der Waals surface area contributed by atoms with Gasteiger partial charge in [-0.15, -0.1) is 0 Å². The van der Waals surface area contributed by atoms with E-state index >= 15 is 0 Å². The summed E-state index contributed by atoms with van der Waals surface area (Å²) in [5.41, 5.74) is 5.39. The molecule has 136 valence electrons. The van der Waals surface area contributed by atoms with Crippen LogP contribution in [0.15, 0.2) is 0 Å². The van der Waals surface area contributed by atoms with Crippen molar-refractivity contribution in [3.8, 4) is 0 Å². The fourth-order valence-electron chi connectivity index (χ4n) is 3.31. The predicted octanol–water partition coefficient (Wildman–Crippen LogP) is -0.678. The molecule has 0 aromatic carbocycles. The Morgan fingerprint density at radius 3 is 2.29 bits per heavy atom. The van der Waals surface area contributed by atoms with Gasteiger partial charge in [-0.05, 0) is 26.7 Å². The summed E-state index contributed by atoms with van der Waals surface area (Å²) in [4.78, 5) is 37.3. The quantitative estimate of drug-likeness (QED) is 0.306. The van der Waals surface area contributed by atoms with E-state index in [0.717, 1.165) is 0 Å². The third-order valence-corrected chi connectivity index (χ3v) is 4.43. The summed E-state index contributed by atoms with van der Waals surface area (Å²) in [6.07, 6.45) is 0.486. The van der Waals surface area contributed by atoms with Crippen LogP contribution >= 0.6 is 0 Å². The number of hydrogen-bond acceptors (Lipinski definition) is 4. The van der Waals surface area contributed by atoms with Crippen molar-refractivity contribution in [2.24, 2.45) is 17.6 Å². The Balaban J connectivity index is 3.11. The maximum Gasteiger partial charge on any atom is 0.306 e. The number of hydrogen-bond donors (Lipinski definition) is 5. The highest BCUT2D eigenvalue weighted by Gasteiger charge is 2.45. The van der Waals surface area contributed by atoms with Gasteiger partial charge in [-0.3, -0.25) is 19.8 Å². The zero-order valence-corrected chi connectivity index (χ0v) is 14.3. The number of nitrogens with one attached hydrogen (secondary N) is 3. The Labute approximate surface area is 141 Å². The van der Waals surface area contributed by atoms with Crippen molar-refractivity contribution in [1.82, 2.24) is 15.5 Å². The van der Waals surface area contributed by atoms with E-state index in [-0.39, 0.29) is 30.6 Å². The van der Waals surface area contributed by atoms with Crippen LogP contribution in [-0.2, 0) is 14.4 Å². The number of likely N-dealkylation sites (N-methyl/N-ethyl adjacent to an activating group) is 1. The van der Waals surface area contributed by atoms with Crippen molar-refractivity contribution < 1.29 is 19.5 Å². The first-order valence-corrected chi connectivity index (χ1v) is 8.10. The number of rotatable bonds is 7. The van der Waals surface area contributed by atoms with Crippen LogP contribution in [0.4, 0.5) is 0 Å². The summed E-state index contributed by atoms with van der Waals surface area (Å²) in [5.74, 6) is -2.94. The largest absolute Gasteiger partial charge is 0.481 e. The highest BCUT2D eigenvalue weighted by molar-refractivity contribution is 5.87. The van der Waals surface area contributed by atoms with Crippen LogP contribution in [0, 0.1) is 17.2 Å². The number of aliphatic carboxylic acids is 1. The molecule has 2 unspecified atom stereocenters. The third-order valence-electron chi connectivity index (χ3n) is 4.43. The number of carbonyl (C=O) groups is 3. The summed E-state index contributed by atoms with van der Waals surface area (Å²) in [6.45, 7) is 5.98. The van der Waals surface area contributed by atoms with Crippen molar-refractivity contribution in [1.29, 1.82) is 5.41 Å². The Morgan fingerprint density at radius 1 is 1.29 bits per heavy atom. The van der Waals surface area contributed by atoms with Crippen LogP contribution in [0.1, 0.15) is 33.6 Å². The Kier molecular flexibility index (Phi) is 6.99. The second kappa shape index (κ2) is 8.51. The number of guanidine groups is 1. The van der Waals surface area contributed by atoms with E-state index in [0.29, 0.717) is 13.1 Å². The molecule has 1 aliphatic rings. The van der Waals surface area contributed by atoms with Gasteiger partial charge in [-0.2, -0.15) is 0 Å². The van der Waals surface area contributed by atoms with Gasteiger partial charge in [-0.25, -0.2) is 0 Å². The summed E-state index contributed by atoms with van der Waals surface area (Å²) in [7, 11) is 0. The summed E-state index contributed by atoms with van der Waals surface area (Å²) in [5, 5.41) is 22.1. The zero-order chi connectivity index (χ0) is 18.4. The molecule has 0 radical (unpaired) electrons. The molecule has 1 aliphatic carbocycles. The van der Waals surface area contributed by atoms with Crippen molar-refractivity contribution in [3.63, 3.8) is 0 Å². The first-order chi connectivity index (χ1) is 11.2. The molecule has 0 aromatic heterocycles. The number of nitrogens with two attached hydrogens (primary N) is 1. The van der Waals surface area contributed by atoms with E-state index in [4.69, 9.17) is 11.1 Å². The molecule has 0 aliphatic heterocycles. The molecule has 0 aromatic rings. The van der Waals surface area contributed by atoms with E-state index in [1.165, 1.54) is 6.92 Å². The Bertz CT molecular complexity index is 506. The highest BCUT2D eigenvalue weighted by atomic mass is 16.4. The molecular weight excluding hydrogens is 314 g/mol. The zero-order valence-electron chi connectivity index (χ0n) is 14.3. The van der Waals surface area contributed by atoms with E-state index in [9.17, 15) is 19.5 Å². The first kappa shape index (κ1) is 19.7. The molecule has 6 N–H and O–H groups in total. The number of carboxylic acids is 1.